The summed E-state index contributed by atoms with van der Waals surface area (Å²) >= 11 is 0. The van der Waals surface area contributed by atoms with Crippen molar-refractivity contribution >= 4 is 11.8 Å². The van der Waals surface area contributed by atoms with Crippen LogP contribution in [-0.2, 0) is 10.9 Å². The lowest BCUT2D eigenvalue weighted by Gasteiger charge is -2.28. The highest BCUT2D eigenvalue weighted by Crippen LogP contribution is 2.39. The summed E-state index contributed by atoms with van der Waals surface area (Å²) in [6, 6.07) is 3.61. The standard InChI is InChI=1S/C17H22F3NO2/c1-11-6-5-9-21(15(22)23-16(2,3)4)14-10-12(17(18,19)20)7-8-13(11)14/h7-8,10-11H,5-6,9H2,1-4H3. The average molecular weight is 329 g/mol. The van der Waals surface area contributed by atoms with E-state index < -0.39 is 23.4 Å². The number of rotatable bonds is 0. The van der Waals surface area contributed by atoms with Gasteiger partial charge in [0.2, 0.25) is 0 Å². The van der Waals surface area contributed by atoms with Gasteiger partial charge in [-0.25, -0.2) is 4.79 Å². The van der Waals surface area contributed by atoms with Gasteiger partial charge in [0.1, 0.15) is 5.60 Å². The number of amides is 1. The molecule has 0 aliphatic carbocycles. The van der Waals surface area contributed by atoms with E-state index in [0.29, 0.717) is 12.2 Å². The van der Waals surface area contributed by atoms with Gasteiger partial charge < -0.3 is 4.74 Å². The number of hydrogen-bond acceptors (Lipinski definition) is 2. The smallest absolute Gasteiger partial charge is 0.416 e. The molecule has 0 N–H and O–H groups in total. The van der Waals surface area contributed by atoms with Crippen LogP contribution in [0.5, 0.6) is 0 Å². The molecule has 3 nitrogen and oxygen atoms in total. The van der Waals surface area contributed by atoms with Crippen LogP contribution in [0.25, 0.3) is 0 Å². The predicted molar refractivity (Wildman–Crippen MR) is 82.7 cm³/mol. The van der Waals surface area contributed by atoms with Crippen LogP contribution in [0.15, 0.2) is 18.2 Å². The number of ether oxygens (including phenoxy) is 1. The number of carbonyl (C=O) groups excluding carboxylic acids is 1. The number of anilines is 1. The van der Waals surface area contributed by atoms with Gasteiger partial charge in [0.25, 0.3) is 0 Å². The molecule has 23 heavy (non-hydrogen) atoms. The van der Waals surface area contributed by atoms with Gasteiger partial charge in [0, 0.05) is 6.54 Å². The monoisotopic (exact) mass is 329 g/mol. The van der Waals surface area contributed by atoms with Crippen LogP contribution >= 0.6 is 0 Å². The number of carbonyl (C=O) groups is 1. The first-order chi connectivity index (χ1) is 10.5. The van der Waals surface area contributed by atoms with E-state index in [2.05, 4.69) is 0 Å². The maximum absolute atomic E-state index is 13.0. The van der Waals surface area contributed by atoms with Crippen LogP contribution in [0.3, 0.4) is 0 Å². The second-order valence-electron chi connectivity index (χ2n) is 6.95. The third-order valence-corrected chi connectivity index (χ3v) is 3.81. The highest BCUT2D eigenvalue weighted by atomic mass is 19.4. The first-order valence-electron chi connectivity index (χ1n) is 7.71. The Kier molecular flexibility index (Phi) is 4.64. The molecule has 1 atom stereocenters. The second-order valence-corrected chi connectivity index (χ2v) is 6.95. The van der Waals surface area contributed by atoms with Crippen molar-refractivity contribution in [3.63, 3.8) is 0 Å². The van der Waals surface area contributed by atoms with Crippen LogP contribution in [0.4, 0.5) is 23.7 Å². The van der Waals surface area contributed by atoms with Crippen molar-refractivity contribution in [1.82, 2.24) is 0 Å². The van der Waals surface area contributed by atoms with E-state index in [-0.39, 0.29) is 5.92 Å². The summed E-state index contributed by atoms with van der Waals surface area (Å²) in [6.45, 7) is 7.52. The van der Waals surface area contributed by atoms with Crippen LogP contribution in [0.1, 0.15) is 57.6 Å². The lowest BCUT2D eigenvalue weighted by atomic mass is 9.95. The van der Waals surface area contributed by atoms with Gasteiger partial charge in [0.15, 0.2) is 0 Å². The molecule has 0 spiro atoms. The molecule has 2 rings (SSSR count). The van der Waals surface area contributed by atoms with Gasteiger partial charge >= 0.3 is 12.3 Å². The number of halogens is 3. The van der Waals surface area contributed by atoms with Crippen LogP contribution in [0, 0.1) is 0 Å². The van der Waals surface area contributed by atoms with Crippen molar-refractivity contribution in [3.8, 4) is 0 Å². The molecular weight excluding hydrogens is 307 g/mol. The summed E-state index contributed by atoms with van der Waals surface area (Å²) in [7, 11) is 0. The van der Waals surface area contributed by atoms with E-state index in [1.54, 1.807) is 20.8 Å². The Hall–Kier alpha value is -1.72. The Bertz CT molecular complexity index is 590. The van der Waals surface area contributed by atoms with Gasteiger partial charge in [-0.3, -0.25) is 4.90 Å². The van der Waals surface area contributed by atoms with E-state index >= 15 is 0 Å². The Balaban J connectivity index is 2.47. The molecule has 0 saturated heterocycles. The minimum atomic E-state index is -4.44. The number of fused-ring (bicyclic) bond motifs is 1. The fourth-order valence-corrected chi connectivity index (χ4v) is 2.71. The zero-order chi connectivity index (χ0) is 17.4. The molecule has 1 aromatic rings. The highest BCUT2D eigenvalue weighted by molar-refractivity contribution is 5.89. The summed E-state index contributed by atoms with van der Waals surface area (Å²) in [6.07, 6.45) is -3.51. The Morgan fingerprint density at radius 2 is 1.91 bits per heavy atom. The van der Waals surface area contributed by atoms with Crippen molar-refractivity contribution < 1.29 is 22.7 Å². The van der Waals surface area contributed by atoms with E-state index in [9.17, 15) is 18.0 Å². The molecule has 1 heterocycles. The Labute approximate surface area is 134 Å². The number of nitrogens with zero attached hydrogens (tertiary/aromatic N) is 1. The van der Waals surface area contributed by atoms with Gasteiger partial charge in [-0.1, -0.05) is 13.0 Å². The predicted octanol–water partition coefficient (Wildman–Crippen LogP) is 5.34. The van der Waals surface area contributed by atoms with Crippen molar-refractivity contribution in [1.29, 1.82) is 0 Å². The lowest BCUT2D eigenvalue weighted by molar-refractivity contribution is -0.137. The van der Waals surface area contributed by atoms with Gasteiger partial charge in [-0.2, -0.15) is 13.2 Å². The average Bonchev–Trinajstić information content (AvgIpc) is 2.55. The molecular formula is C17H22F3NO2. The van der Waals surface area contributed by atoms with Crippen molar-refractivity contribution in [2.45, 2.75) is 58.2 Å². The van der Waals surface area contributed by atoms with Crippen LogP contribution in [-0.4, -0.2) is 18.2 Å². The topological polar surface area (TPSA) is 29.5 Å². The summed E-state index contributed by atoms with van der Waals surface area (Å²) in [4.78, 5) is 13.8. The van der Waals surface area contributed by atoms with Crippen molar-refractivity contribution in [3.05, 3.63) is 29.3 Å². The summed E-state index contributed by atoms with van der Waals surface area (Å²) in [5, 5.41) is 0. The van der Waals surface area contributed by atoms with Crippen molar-refractivity contribution in [2.24, 2.45) is 0 Å². The quantitative estimate of drug-likeness (QED) is 0.642. The highest BCUT2D eigenvalue weighted by Gasteiger charge is 2.34. The maximum Gasteiger partial charge on any atom is 0.416 e. The Morgan fingerprint density at radius 3 is 2.48 bits per heavy atom. The molecule has 1 aliphatic rings. The van der Waals surface area contributed by atoms with E-state index in [4.69, 9.17) is 4.74 Å². The van der Waals surface area contributed by atoms with E-state index in [0.717, 1.165) is 30.5 Å². The first-order valence-corrected chi connectivity index (χ1v) is 7.71. The summed E-state index contributed by atoms with van der Waals surface area (Å²) in [5.41, 5.74) is -0.393. The zero-order valence-electron chi connectivity index (χ0n) is 13.8. The first kappa shape index (κ1) is 17.6. The van der Waals surface area contributed by atoms with Crippen LogP contribution in [0.2, 0.25) is 0 Å². The molecule has 0 bridgehead atoms. The van der Waals surface area contributed by atoms with Gasteiger partial charge in [-0.15, -0.1) is 0 Å². The van der Waals surface area contributed by atoms with Crippen molar-refractivity contribution in [2.75, 3.05) is 11.4 Å². The third kappa shape index (κ3) is 4.18. The summed E-state index contributed by atoms with van der Waals surface area (Å²) < 4.78 is 44.4. The minimum Gasteiger partial charge on any atom is -0.443 e. The molecule has 1 aliphatic heterocycles. The number of benzene rings is 1. The van der Waals surface area contributed by atoms with E-state index in [1.165, 1.54) is 11.0 Å². The zero-order valence-corrected chi connectivity index (χ0v) is 13.8. The molecule has 0 fully saturated rings. The van der Waals surface area contributed by atoms with Gasteiger partial charge in [-0.05, 0) is 57.2 Å². The molecule has 0 aromatic heterocycles. The summed E-state index contributed by atoms with van der Waals surface area (Å²) in [5.74, 6) is 0.0970. The number of alkyl halides is 3. The second kappa shape index (κ2) is 6.06. The molecule has 0 saturated carbocycles. The maximum atomic E-state index is 13.0. The Morgan fingerprint density at radius 1 is 1.26 bits per heavy atom. The molecule has 1 unspecified atom stereocenters. The fourth-order valence-electron chi connectivity index (χ4n) is 2.71. The molecule has 1 aromatic carbocycles. The van der Waals surface area contributed by atoms with Gasteiger partial charge in [0.05, 0.1) is 11.3 Å². The molecule has 128 valence electrons. The fraction of sp³-hybridized carbons (Fsp3) is 0.588. The minimum absolute atomic E-state index is 0.0970. The molecule has 1 amide bonds. The molecule has 0 radical (unpaired) electrons. The lowest BCUT2D eigenvalue weighted by Crippen LogP contribution is -2.37. The third-order valence-electron chi connectivity index (χ3n) is 3.81. The van der Waals surface area contributed by atoms with Crippen LogP contribution < -0.4 is 4.90 Å². The van der Waals surface area contributed by atoms with E-state index in [1.807, 2.05) is 6.92 Å². The number of hydrogen-bond donors (Lipinski definition) is 0. The normalized spacial score (nSPS) is 19.1. The SMILES string of the molecule is CC1CCCN(C(=O)OC(C)(C)C)c2cc(C(F)(F)F)ccc21. The largest absolute Gasteiger partial charge is 0.443 e. The molecule has 6 heteroatoms.